The number of rotatable bonds is 9. The van der Waals surface area contributed by atoms with Gasteiger partial charge in [-0.05, 0) is 42.5 Å². The zero-order valence-corrected chi connectivity index (χ0v) is 20.9. The first-order valence-corrected chi connectivity index (χ1v) is 11.6. The lowest BCUT2D eigenvalue weighted by Gasteiger charge is -2.31. The number of benzene rings is 2. The SMILES string of the molecule is CCNC(=O)[C@H](CC)N(Cc1c(Cl)cccc1Cl)C(=O)COc1ccccc1C(C)(C)C. The Morgan fingerprint density at radius 2 is 1.66 bits per heavy atom. The van der Waals surface area contributed by atoms with Gasteiger partial charge in [0, 0.05) is 28.7 Å². The van der Waals surface area contributed by atoms with Crippen molar-refractivity contribution >= 4 is 35.0 Å². The molecule has 0 spiro atoms. The molecule has 0 fully saturated rings. The molecule has 174 valence electrons. The van der Waals surface area contributed by atoms with Crippen molar-refractivity contribution in [3.63, 3.8) is 0 Å². The van der Waals surface area contributed by atoms with Gasteiger partial charge in [0.05, 0.1) is 0 Å². The second-order valence-electron chi connectivity index (χ2n) is 8.58. The monoisotopic (exact) mass is 478 g/mol. The highest BCUT2D eigenvalue weighted by atomic mass is 35.5. The third-order valence-corrected chi connectivity index (χ3v) is 5.88. The summed E-state index contributed by atoms with van der Waals surface area (Å²) >= 11 is 12.7. The Morgan fingerprint density at radius 1 is 1.03 bits per heavy atom. The molecule has 0 aliphatic heterocycles. The predicted molar refractivity (Wildman–Crippen MR) is 130 cm³/mol. The van der Waals surface area contributed by atoms with Gasteiger partial charge in [-0.1, -0.05) is 75.2 Å². The van der Waals surface area contributed by atoms with E-state index < -0.39 is 6.04 Å². The molecule has 0 saturated heterocycles. The van der Waals surface area contributed by atoms with E-state index in [1.807, 2.05) is 38.1 Å². The predicted octanol–water partition coefficient (Wildman–Crippen LogP) is 5.61. The third-order valence-electron chi connectivity index (χ3n) is 5.17. The minimum atomic E-state index is -0.670. The molecule has 2 aromatic carbocycles. The van der Waals surface area contributed by atoms with E-state index in [1.54, 1.807) is 18.2 Å². The molecule has 32 heavy (non-hydrogen) atoms. The van der Waals surface area contributed by atoms with Crippen molar-refractivity contribution in [2.45, 2.75) is 59.0 Å². The Balaban J connectivity index is 2.33. The van der Waals surface area contributed by atoms with E-state index in [2.05, 4.69) is 26.1 Å². The number of nitrogens with one attached hydrogen (secondary N) is 1. The molecule has 0 aliphatic rings. The summed E-state index contributed by atoms with van der Waals surface area (Å²) in [6.45, 7) is 10.3. The van der Waals surface area contributed by atoms with Crippen LogP contribution in [0, 0.1) is 0 Å². The minimum Gasteiger partial charge on any atom is -0.483 e. The van der Waals surface area contributed by atoms with Crippen LogP contribution >= 0.6 is 23.2 Å². The quantitative estimate of drug-likeness (QED) is 0.509. The molecule has 5 nitrogen and oxygen atoms in total. The molecule has 1 atom stereocenters. The van der Waals surface area contributed by atoms with Gasteiger partial charge in [0.15, 0.2) is 6.61 Å². The Hall–Kier alpha value is -2.24. The fourth-order valence-corrected chi connectivity index (χ4v) is 4.02. The van der Waals surface area contributed by atoms with Gasteiger partial charge in [0.1, 0.15) is 11.8 Å². The first-order chi connectivity index (χ1) is 15.1. The van der Waals surface area contributed by atoms with Crippen molar-refractivity contribution in [2.24, 2.45) is 0 Å². The summed E-state index contributed by atoms with van der Waals surface area (Å²) in [5.74, 6) is 0.111. The smallest absolute Gasteiger partial charge is 0.261 e. The normalized spacial score (nSPS) is 12.2. The summed E-state index contributed by atoms with van der Waals surface area (Å²) in [6, 6.07) is 12.2. The second kappa shape index (κ2) is 11.6. The van der Waals surface area contributed by atoms with Crippen molar-refractivity contribution in [3.05, 3.63) is 63.6 Å². The summed E-state index contributed by atoms with van der Waals surface area (Å²) in [7, 11) is 0. The molecule has 0 unspecified atom stereocenters. The fourth-order valence-electron chi connectivity index (χ4n) is 3.50. The number of carbonyl (C=O) groups is 2. The van der Waals surface area contributed by atoms with Crippen LogP contribution in [0.25, 0.3) is 0 Å². The Bertz CT molecular complexity index is 921. The standard InChI is InChI=1S/C25H32Cl2N2O3/c1-6-21(24(31)28-7-2)29(15-17-19(26)12-10-13-20(17)27)23(30)16-32-22-14-9-8-11-18(22)25(3,4)5/h8-14,21H,6-7,15-16H2,1-5H3,(H,28,31)/t21-/m0/s1. The largest absolute Gasteiger partial charge is 0.483 e. The summed E-state index contributed by atoms with van der Waals surface area (Å²) < 4.78 is 5.95. The van der Waals surface area contributed by atoms with Crippen molar-refractivity contribution in [1.29, 1.82) is 0 Å². The fraction of sp³-hybridized carbons (Fsp3) is 0.440. The number of hydrogen-bond acceptors (Lipinski definition) is 3. The zero-order chi connectivity index (χ0) is 23.9. The molecule has 0 heterocycles. The van der Waals surface area contributed by atoms with E-state index in [9.17, 15) is 9.59 Å². The maximum absolute atomic E-state index is 13.3. The topological polar surface area (TPSA) is 58.6 Å². The van der Waals surface area contributed by atoms with Crippen LogP contribution in [0.3, 0.4) is 0 Å². The molecule has 0 radical (unpaired) electrons. The van der Waals surface area contributed by atoms with Gasteiger partial charge < -0.3 is 15.0 Å². The Kier molecular flexibility index (Phi) is 9.41. The van der Waals surface area contributed by atoms with E-state index >= 15 is 0 Å². The lowest BCUT2D eigenvalue weighted by atomic mass is 9.86. The van der Waals surface area contributed by atoms with Gasteiger partial charge in [-0.3, -0.25) is 9.59 Å². The molecule has 1 N–H and O–H groups in total. The average molecular weight is 479 g/mol. The van der Waals surface area contributed by atoms with Gasteiger partial charge in [-0.2, -0.15) is 0 Å². The van der Waals surface area contributed by atoms with Crippen LogP contribution in [-0.4, -0.2) is 35.9 Å². The number of halogens is 2. The van der Waals surface area contributed by atoms with Crippen LogP contribution in [-0.2, 0) is 21.5 Å². The first kappa shape index (κ1) is 26.0. The maximum atomic E-state index is 13.3. The van der Waals surface area contributed by atoms with Gasteiger partial charge in [0.25, 0.3) is 5.91 Å². The van der Waals surface area contributed by atoms with Crippen molar-refractivity contribution in [1.82, 2.24) is 10.2 Å². The summed E-state index contributed by atoms with van der Waals surface area (Å²) in [5.41, 5.74) is 1.46. The van der Waals surface area contributed by atoms with Crippen LogP contribution in [0.5, 0.6) is 5.75 Å². The maximum Gasteiger partial charge on any atom is 0.261 e. The van der Waals surface area contributed by atoms with Gasteiger partial charge in [-0.15, -0.1) is 0 Å². The van der Waals surface area contributed by atoms with E-state index in [0.717, 1.165) is 5.56 Å². The van der Waals surface area contributed by atoms with Crippen LogP contribution in [0.4, 0.5) is 0 Å². The summed E-state index contributed by atoms with van der Waals surface area (Å²) in [5, 5.41) is 3.70. The van der Waals surface area contributed by atoms with E-state index in [-0.39, 0.29) is 30.4 Å². The molecular formula is C25H32Cl2N2O3. The summed E-state index contributed by atoms with van der Waals surface area (Å²) in [4.78, 5) is 27.6. The van der Waals surface area contributed by atoms with E-state index in [0.29, 0.717) is 34.3 Å². The lowest BCUT2D eigenvalue weighted by molar-refractivity contribution is -0.142. The van der Waals surface area contributed by atoms with Crippen LogP contribution < -0.4 is 10.1 Å². The zero-order valence-electron chi connectivity index (χ0n) is 19.4. The molecule has 0 saturated carbocycles. The summed E-state index contributed by atoms with van der Waals surface area (Å²) in [6.07, 6.45) is 0.443. The highest BCUT2D eigenvalue weighted by molar-refractivity contribution is 6.36. The molecule has 2 amide bonds. The highest BCUT2D eigenvalue weighted by Crippen LogP contribution is 2.31. The molecule has 7 heteroatoms. The average Bonchev–Trinajstić information content (AvgIpc) is 2.73. The van der Waals surface area contributed by atoms with Crippen LogP contribution in [0.2, 0.25) is 10.0 Å². The minimum absolute atomic E-state index is 0.108. The number of carbonyl (C=O) groups excluding carboxylic acids is 2. The molecule has 0 aliphatic carbocycles. The van der Waals surface area contributed by atoms with E-state index in [4.69, 9.17) is 27.9 Å². The molecule has 2 rings (SSSR count). The van der Waals surface area contributed by atoms with E-state index in [1.165, 1.54) is 4.90 Å². The van der Waals surface area contributed by atoms with Crippen molar-refractivity contribution < 1.29 is 14.3 Å². The van der Waals surface area contributed by atoms with Crippen LogP contribution in [0.1, 0.15) is 52.2 Å². The lowest BCUT2D eigenvalue weighted by Crippen LogP contribution is -2.50. The number of nitrogens with zero attached hydrogens (tertiary/aromatic N) is 1. The molecular weight excluding hydrogens is 447 g/mol. The van der Waals surface area contributed by atoms with Gasteiger partial charge in [-0.25, -0.2) is 0 Å². The van der Waals surface area contributed by atoms with Crippen LogP contribution in [0.15, 0.2) is 42.5 Å². The Morgan fingerprint density at radius 3 is 2.22 bits per heavy atom. The second-order valence-corrected chi connectivity index (χ2v) is 9.39. The number of amides is 2. The molecule has 0 aromatic heterocycles. The number of para-hydroxylation sites is 1. The Labute approximate surface area is 201 Å². The molecule has 2 aromatic rings. The molecule has 0 bridgehead atoms. The van der Waals surface area contributed by atoms with Crippen molar-refractivity contribution in [3.8, 4) is 5.75 Å². The first-order valence-electron chi connectivity index (χ1n) is 10.8. The highest BCUT2D eigenvalue weighted by Gasteiger charge is 2.30. The van der Waals surface area contributed by atoms with Gasteiger partial charge in [0.2, 0.25) is 5.91 Å². The van der Waals surface area contributed by atoms with Gasteiger partial charge >= 0.3 is 0 Å². The van der Waals surface area contributed by atoms with Crippen molar-refractivity contribution in [2.75, 3.05) is 13.2 Å². The third kappa shape index (κ3) is 6.63. The number of likely N-dealkylation sites (N-methyl/N-ethyl adjacent to an activating group) is 1. The number of hydrogen-bond donors (Lipinski definition) is 1. The number of ether oxygens (including phenoxy) is 1.